The Balaban J connectivity index is 2.22. The van der Waals surface area contributed by atoms with Crippen LogP contribution in [0.15, 0.2) is 70.2 Å². The number of benzene rings is 2. The predicted molar refractivity (Wildman–Crippen MR) is 111 cm³/mol. The SMILES string of the molecule is CC/C(C=C(C)C)=C/c1oc2ccc(-c3ccccc3)cc2[n+]1CS(=O)(=O)O. The molecule has 2 aromatic carbocycles. The van der Waals surface area contributed by atoms with Gasteiger partial charge in [-0.3, -0.25) is 4.55 Å². The molecule has 0 aliphatic carbocycles. The molecule has 0 aliphatic heterocycles. The van der Waals surface area contributed by atoms with Gasteiger partial charge in [-0.05, 0) is 43.0 Å². The number of fused-ring (bicyclic) bond motifs is 1. The quantitative estimate of drug-likeness (QED) is 0.361. The van der Waals surface area contributed by atoms with Crippen LogP contribution in [0.25, 0.3) is 28.3 Å². The summed E-state index contributed by atoms with van der Waals surface area (Å²) in [5.41, 5.74) is 5.26. The molecule has 0 saturated carbocycles. The zero-order chi connectivity index (χ0) is 20.3. The van der Waals surface area contributed by atoms with Crippen LogP contribution in [0.4, 0.5) is 0 Å². The Labute approximate surface area is 165 Å². The largest absolute Gasteiger partial charge is 0.398 e. The van der Waals surface area contributed by atoms with E-state index < -0.39 is 16.0 Å². The van der Waals surface area contributed by atoms with Crippen molar-refractivity contribution in [2.24, 2.45) is 0 Å². The van der Waals surface area contributed by atoms with E-state index in [0.29, 0.717) is 17.0 Å². The second-order valence-electron chi connectivity index (χ2n) is 6.92. The summed E-state index contributed by atoms with van der Waals surface area (Å²) in [5.74, 6) is -0.192. The van der Waals surface area contributed by atoms with Crippen LogP contribution in [-0.4, -0.2) is 13.0 Å². The predicted octanol–water partition coefficient (Wildman–Crippen LogP) is 4.99. The molecule has 1 aromatic heterocycles. The highest BCUT2D eigenvalue weighted by molar-refractivity contribution is 7.84. The third-order valence-corrected chi connectivity index (χ3v) is 4.91. The van der Waals surface area contributed by atoms with Gasteiger partial charge in [-0.15, -0.1) is 4.57 Å². The van der Waals surface area contributed by atoms with Crippen LogP contribution in [0.2, 0.25) is 0 Å². The number of rotatable bonds is 6. The maximum atomic E-state index is 11.6. The van der Waals surface area contributed by atoms with E-state index in [0.717, 1.165) is 28.7 Å². The summed E-state index contributed by atoms with van der Waals surface area (Å²) >= 11 is 0. The molecule has 0 amide bonds. The van der Waals surface area contributed by atoms with Gasteiger partial charge >= 0.3 is 16.0 Å². The molecule has 0 bridgehead atoms. The summed E-state index contributed by atoms with van der Waals surface area (Å²) in [4.78, 5) is 0. The molecule has 0 unspecified atom stereocenters. The molecule has 0 fully saturated rings. The van der Waals surface area contributed by atoms with Crippen LogP contribution in [0.1, 0.15) is 33.1 Å². The Morgan fingerprint density at radius 3 is 2.43 bits per heavy atom. The van der Waals surface area contributed by atoms with Crippen molar-refractivity contribution < 1.29 is 22.0 Å². The zero-order valence-corrected chi connectivity index (χ0v) is 17.0. The first-order valence-corrected chi connectivity index (χ1v) is 10.7. The first-order chi connectivity index (χ1) is 13.3. The molecule has 0 radical (unpaired) electrons. The Hall–Kier alpha value is -2.70. The number of nitrogens with zero attached hydrogens (tertiary/aromatic N) is 1. The van der Waals surface area contributed by atoms with Crippen LogP contribution in [0.3, 0.4) is 0 Å². The van der Waals surface area contributed by atoms with E-state index in [9.17, 15) is 13.0 Å². The molecule has 0 aliphatic rings. The van der Waals surface area contributed by atoms with Gasteiger partial charge in [-0.1, -0.05) is 55.0 Å². The van der Waals surface area contributed by atoms with E-state index in [1.54, 1.807) is 0 Å². The van der Waals surface area contributed by atoms with Crippen molar-refractivity contribution in [2.75, 3.05) is 0 Å². The Morgan fingerprint density at radius 2 is 1.82 bits per heavy atom. The van der Waals surface area contributed by atoms with E-state index >= 15 is 0 Å². The minimum atomic E-state index is -4.25. The Morgan fingerprint density at radius 1 is 1.11 bits per heavy atom. The zero-order valence-electron chi connectivity index (χ0n) is 16.2. The minimum Gasteiger partial charge on any atom is -0.398 e. The van der Waals surface area contributed by atoms with Gasteiger partial charge in [0.05, 0.1) is 6.08 Å². The Bertz CT molecular complexity index is 1150. The molecule has 1 N–H and O–H groups in total. The van der Waals surface area contributed by atoms with Crippen molar-refractivity contribution >= 4 is 27.3 Å². The van der Waals surface area contributed by atoms with Gasteiger partial charge in [-0.25, -0.2) is 0 Å². The molecule has 0 saturated heterocycles. The lowest BCUT2D eigenvalue weighted by molar-refractivity contribution is -0.658. The van der Waals surface area contributed by atoms with Gasteiger partial charge in [0.1, 0.15) is 0 Å². The first-order valence-electron chi connectivity index (χ1n) is 9.09. The van der Waals surface area contributed by atoms with Crippen molar-refractivity contribution in [3.05, 3.63) is 71.6 Å². The fraction of sp³-hybridized carbons (Fsp3) is 0.227. The fourth-order valence-electron chi connectivity index (χ4n) is 3.09. The maximum absolute atomic E-state index is 11.6. The summed E-state index contributed by atoms with van der Waals surface area (Å²) in [7, 11) is -4.25. The highest BCUT2D eigenvalue weighted by Gasteiger charge is 2.26. The molecule has 6 heteroatoms. The van der Waals surface area contributed by atoms with Gasteiger partial charge < -0.3 is 4.42 Å². The van der Waals surface area contributed by atoms with Crippen molar-refractivity contribution in [3.8, 4) is 11.1 Å². The average Bonchev–Trinajstić information content (AvgIpc) is 2.96. The van der Waals surface area contributed by atoms with Crippen LogP contribution in [0, 0.1) is 0 Å². The lowest BCUT2D eigenvalue weighted by atomic mass is 10.1. The van der Waals surface area contributed by atoms with E-state index in [2.05, 4.69) is 0 Å². The average molecular weight is 399 g/mol. The molecular weight excluding hydrogens is 374 g/mol. The van der Waals surface area contributed by atoms with Crippen molar-refractivity contribution in [2.45, 2.75) is 33.1 Å². The van der Waals surface area contributed by atoms with Crippen molar-refractivity contribution in [3.63, 3.8) is 0 Å². The van der Waals surface area contributed by atoms with Crippen LogP contribution < -0.4 is 4.57 Å². The van der Waals surface area contributed by atoms with Crippen molar-refractivity contribution in [1.82, 2.24) is 0 Å². The molecule has 3 aromatic rings. The van der Waals surface area contributed by atoms with Gasteiger partial charge in [0, 0.05) is 6.07 Å². The number of allylic oxidation sites excluding steroid dienone is 3. The molecule has 28 heavy (non-hydrogen) atoms. The van der Waals surface area contributed by atoms with Gasteiger partial charge in [0.25, 0.3) is 11.4 Å². The topological polar surface area (TPSA) is 71.4 Å². The van der Waals surface area contributed by atoms with E-state index in [1.807, 2.05) is 81.5 Å². The molecule has 0 atom stereocenters. The number of hydrogen-bond donors (Lipinski definition) is 1. The van der Waals surface area contributed by atoms with Crippen LogP contribution in [-0.2, 0) is 16.0 Å². The van der Waals surface area contributed by atoms with Gasteiger partial charge in [0.2, 0.25) is 5.58 Å². The third kappa shape index (κ3) is 4.77. The fourth-order valence-corrected chi connectivity index (χ4v) is 3.68. The highest BCUT2D eigenvalue weighted by atomic mass is 32.2. The maximum Gasteiger partial charge on any atom is 0.375 e. The number of aromatic nitrogens is 1. The van der Waals surface area contributed by atoms with E-state index in [4.69, 9.17) is 4.42 Å². The third-order valence-electron chi connectivity index (χ3n) is 4.32. The molecule has 146 valence electrons. The number of oxazole rings is 1. The number of hydrogen-bond acceptors (Lipinski definition) is 3. The summed E-state index contributed by atoms with van der Waals surface area (Å²) in [6.45, 7) is 6.02. The molecule has 3 rings (SSSR count). The van der Waals surface area contributed by atoms with Gasteiger partial charge in [-0.2, -0.15) is 8.42 Å². The molecular formula is C22H24NO4S+. The lowest BCUT2D eigenvalue weighted by Crippen LogP contribution is -2.39. The summed E-state index contributed by atoms with van der Waals surface area (Å²) in [6.07, 6.45) is 4.62. The second kappa shape index (κ2) is 8.12. The standard InChI is InChI=1S/C22H23NO4S/c1-4-17(12-16(2)3)13-22-23(15-28(24,25)26)20-14-19(10-11-21(20)27-22)18-8-6-5-7-9-18/h5-14H,4,15H2,1-3H3/p+1/b17-13-. The molecule has 1 heterocycles. The Kier molecular flexibility index (Phi) is 5.82. The lowest BCUT2D eigenvalue weighted by Gasteiger charge is -2.00. The first kappa shape index (κ1) is 20.0. The summed E-state index contributed by atoms with van der Waals surface area (Å²) in [5, 5.41) is 0. The highest BCUT2D eigenvalue weighted by Crippen LogP contribution is 2.25. The van der Waals surface area contributed by atoms with E-state index in [1.165, 1.54) is 4.57 Å². The van der Waals surface area contributed by atoms with E-state index in [-0.39, 0.29) is 0 Å². The second-order valence-corrected chi connectivity index (χ2v) is 8.34. The normalized spacial score (nSPS) is 12.4. The van der Waals surface area contributed by atoms with Crippen LogP contribution in [0.5, 0.6) is 0 Å². The molecule has 5 nitrogen and oxygen atoms in total. The van der Waals surface area contributed by atoms with Crippen LogP contribution >= 0.6 is 0 Å². The molecule has 0 spiro atoms. The van der Waals surface area contributed by atoms with Crippen molar-refractivity contribution in [1.29, 1.82) is 0 Å². The summed E-state index contributed by atoms with van der Waals surface area (Å²) < 4.78 is 40.2. The minimum absolute atomic E-state index is 0.382. The smallest absolute Gasteiger partial charge is 0.375 e. The summed E-state index contributed by atoms with van der Waals surface area (Å²) in [6, 6.07) is 15.4. The van der Waals surface area contributed by atoms with Gasteiger partial charge in [0.15, 0.2) is 0 Å². The monoisotopic (exact) mass is 398 g/mol.